The molecule has 0 aliphatic heterocycles. The number of rotatable bonds is 7. The fraction of sp³-hybridized carbons (Fsp3) is 0.600. The average molecular weight is 305 g/mol. The molecule has 0 spiro atoms. The fourth-order valence-electron chi connectivity index (χ4n) is 2.07. The second kappa shape index (κ2) is 6.64. The van der Waals surface area contributed by atoms with E-state index in [0.29, 0.717) is 12.1 Å². The van der Waals surface area contributed by atoms with E-state index >= 15 is 0 Å². The van der Waals surface area contributed by atoms with E-state index in [1.54, 1.807) is 6.92 Å². The Morgan fingerprint density at radius 3 is 2.67 bits per heavy atom. The van der Waals surface area contributed by atoms with Crippen molar-refractivity contribution in [2.75, 3.05) is 6.54 Å². The standard InChI is InChI=1S/C15H19F4NO/c1-10(3-2-8-20-11-4-5-11)21-12-6-7-14(16)13(9-12)15(17,18)19/h6-7,9-11,20H,2-5,8H2,1H3. The molecular formula is C15H19F4NO. The normalized spacial score (nSPS) is 16.8. The van der Waals surface area contributed by atoms with Crippen molar-refractivity contribution < 1.29 is 22.3 Å². The van der Waals surface area contributed by atoms with Gasteiger partial charge in [0.2, 0.25) is 0 Å². The molecule has 0 bridgehead atoms. The van der Waals surface area contributed by atoms with E-state index in [1.165, 1.54) is 18.9 Å². The molecule has 2 rings (SSSR count). The third-order valence-electron chi connectivity index (χ3n) is 3.38. The minimum absolute atomic E-state index is 0.0476. The molecule has 1 unspecified atom stereocenters. The molecule has 1 aliphatic rings. The van der Waals surface area contributed by atoms with Crippen LogP contribution < -0.4 is 10.1 Å². The number of hydrogen-bond acceptors (Lipinski definition) is 2. The summed E-state index contributed by atoms with van der Waals surface area (Å²) in [7, 11) is 0. The summed E-state index contributed by atoms with van der Waals surface area (Å²) in [4.78, 5) is 0. The van der Waals surface area contributed by atoms with Crippen LogP contribution in [-0.4, -0.2) is 18.7 Å². The Labute approximate surface area is 121 Å². The van der Waals surface area contributed by atoms with Gasteiger partial charge in [-0.1, -0.05) is 0 Å². The van der Waals surface area contributed by atoms with Crippen LogP contribution in [0.25, 0.3) is 0 Å². The predicted molar refractivity (Wildman–Crippen MR) is 71.8 cm³/mol. The van der Waals surface area contributed by atoms with E-state index in [-0.39, 0.29) is 11.9 Å². The Kier molecular flexibility index (Phi) is 5.08. The molecule has 0 aromatic heterocycles. The van der Waals surface area contributed by atoms with Crippen molar-refractivity contribution in [2.24, 2.45) is 0 Å². The van der Waals surface area contributed by atoms with E-state index in [0.717, 1.165) is 25.5 Å². The third-order valence-corrected chi connectivity index (χ3v) is 3.38. The number of ether oxygens (including phenoxy) is 1. The van der Waals surface area contributed by atoms with Gasteiger partial charge in [-0.05, 0) is 57.4 Å². The Morgan fingerprint density at radius 2 is 2.05 bits per heavy atom. The van der Waals surface area contributed by atoms with E-state index in [2.05, 4.69) is 5.32 Å². The first-order valence-corrected chi connectivity index (χ1v) is 7.13. The van der Waals surface area contributed by atoms with Gasteiger partial charge in [0.05, 0.1) is 11.7 Å². The first kappa shape index (κ1) is 16.1. The molecule has 118 valence electrons. The molecule has 2 nitrogen and oxygen atoms in total. The summed E-state index contributed by atoms with van der Waals surface area (Å²) in [6.45, 7) is 2.68. The molecule has 6 heteroatoms. The zero-order valence-electron chi connectivity index (χ0n) is 11.8. The minimum Gasteiger partial charge on any atom is -0.491 e. The van der Waals surface area contributed by atoms with E-state index in [1.807, 2.05) is 0 Å². The van der Waals surface area contributed by atoms with Gasteiger partial charge < -0.3 is 10.1 Å². The zero-order chi connectivity index (χ0) is 15.5. The highest BCUT2D eigenvalue weighted by Gasteiger charge is 2.34. The van der Waals surface area contributed by atoms with Gasteiger partial charge in [0.15, 0.2) is 0 Å². The van der Waals surface area contributed by atoms with Crippen molar-refractivity contribution in [3.8, 4) is 5.75 Å². The van der Waals surface area contributed by atoms with Gasteiger partial charge in [0.25, 0.3) is 0 Å². The number of halogens is 4. The van der Waals surface area contributed by atoms with Crippen molar-refractivity contribution in [3.63, 3.8) is 0 Å². The van der Waals surface area contributed by atoms with Crippen molar-refractivity contribution in [3.05, 3.63) is 29.6 Å². The Morgan fingerprint density at radius 1 is 1.33 bits per heavy atom. The smallest absolute Gasteiger partial charge is 0.419 e. The Balaban J connectivity index is 1.83. The molecule has 1 aliphatic carbocycles. The van der Waals surface area contributed by atoms with E-state index in [9.17, 15) is 17.6 Å². The lowest BCUT2D eigenvalue weighted by Gasteiger charge is -2.16. The highest BCUT2D eigenvalue weighted by atomic mass is 19.4. The van der Waals surface area contributed by atoms with Crippen molar-refractivity contribution in [1.82, 2.24) is 5.32 Å². The van der Waals surface area contributed by atoms with Crippen LogP contribution in [0, 0.1) is 5.82 Å². The largest absolute Gasteiger partial charge is 0.491 e. The topological polar surface area (TPSA) is 21.3 Å². The number of benzene rings is 1. The summed E-state index contributed by atoms with van der Waals surface area (Å²) in [5.41, 5.74) is -1.29. The highest BCUT2D eigenvalue weighted by Crippen LogP contribution is 2.33. The first-order chi connectivity index (χ1) is 9.86. The molecule has 1 aromatic carbocycles. The molecule has 1 saturated carbocycles. The van der Waals surface area contributed by atoms with Crippen LogP contribution in [-0.2, 0) is 6.18 Å². The monoisotopic (exact) mass is 305 g/mol. The molecule has 0 radical (unpaired) electrons. The van der Waals surface area contributed by atoms with Crippen LogP contribution >= 0.6 is 0 Å². The highest BCUT2D eigenvalue weighted by molar-refractivity contribution is 5.31. The summed E-state index contributed by atoms with van der Waals surface area (Å²) in [6.07, 6.45) is -0.842. The van der Waals surface area contributed by atoms with Crippen LogP contribution in [0.5, 0.6) is 5.75 Å². The number of nitrogens with one attached hydrogen (secondary N) is 1. The molecular weight excluding hydrogens is 286 g/mol. The van der Waals surface area contributed by atoms with Crippen LogP contribution in [0.1, 0.15) is 38.2 Å². The number of hydrogen-bond donors (Lipinski definition) is 1. The lowest BCUT2D eigenvalue weighted by molar-refractivity contribution is -0.140. The summed E-state index contributed by atoms with van der Waals surface area (Å²) in [5, 5.41) is 3.36. The van der Waals surface area contributed by atoms with Crippen molar-refractivity contribution in [2.45, 2.75) is 50.9 Å². The maximum absolute atomic E-state index is 13.1. The van der Waals surface area contributed by atoms with Crippen LogP contribution in [0.4, 0.5) is 17.6 Å². The fourth-order valence-corrected chi connectivity index (χ4v) is 2.07. The lowest BCUT2D eigenvalue weighted by atomic mass is 10.2. The maximum atomic E-state index is 13.1. The van der Waals surface area contributed by atoms with Crippen molar-refractivity contribution >= 4 is 0 Å². The van der Waals surface area contributed by atoms with Crippen LogP contribution in [0.3, 0.4) is 0 Å². The molecule has 1 aromatic rings. The summed E-state index contributed by atoms with van der Waals surface area (Å²) < 4.78 is 56.4. The van der Waals surface area contributed by atoms with Gasteiger partial charge >= 0.3 is 6.18 Å². The van der Waals surface area contributed by atoms with Crippen LogP contribution in [0.15, 0.2) is 18.2 Å². The SMILES string of the molecule is CC(CCCNC1CC1)Oc1ccc(F)c(C(F)(F)F)c1. The second-order valence-corrected chi connectivity index (χ2v) is 5.44. The van der Waals surface area contributed by atoms with Gasteiger partial charge in [0, 0.05) is 6.04 Å². The lowest BCUT2D eigenvalue weighted by Crippen LogP contribution is -2.20. The van der Waals surface area contributed by atoms with Gasteiger partial charge in [-0.15, -0.1) is 0 Å². The number of alkyl halides is 3. The molecule has 0 heterocycles. The molecule has 0 amide bonds. The second-order valence-electron chi connectivity index (χ2n) is 5.44. The summed E-state index contributed by atoms with van der Waals surface area (Å²) >= 11 is 0. The summed E-state index contributed by atoms with van der Waals surface area (Å²) in [5.74, 6) is -1.23. The van der Waals surface area contributed by atoms with Gasteiger partial charge in [-0.3, -0.25) is 0 Å². The minimum atomic E-state index is -4.71. The summed E-state index contributed by atoms with van der Waals surface area (Å²) in [6, 6.07) is 3.38. The molecule has 1 atom stereocenters. The van der Waals surface area contributed by atoms with Gasteiger partial charge in [-0.25, -0.2) is 4.39 Å². The first-order valence-electron chi connectivity index (χ1n) is 7.13. The van der Waals surface area contributed by atoms with Crippen molar-refractivity contribution in [1.29, 1.82) is 0 Å². The van der Waals surface area contributed by atoms with Gasteiger partial charge in [0.1, 0.15) is 11.6 Å². The molecule has 1 fully saturated rings. The van der Waals surface area contributed by atoms with E-state index in [4.69, 9.17) is 4.74 Å². The average Bonchev–Trinajstić information content (AvgIpc) is 3.20. The molecule has 1 N–H and O–H groups in total. The molecule has 0 saturated heterocycles. The Bertz CT molecular complexity index is 471. The van der Waals surface area contributed by atoms with Gasteiger partial charge in [-0.2, -0.15) is 13.2 Å². The predicted octanol–water partition coefficient (Wildman–Crippen LogP) is 4.14. The van der Waals surface area contributed by atoms with Crippen LogP contribution in [0.2, 0.25) is 0 Å². The third kappa shape index (κ3) is 5.19. The zero-order valence-corrected chi connectivity index (χ0v) is 11.8. The maximum Gasteiger partial charge on any atom is 0.419 e. The molecule has 21 heavy (non-hydrogen) atoms. The van der Waals surface area contributed by atoms with E-state index < -0.39 is 17.6 Å². The Hall–Kier alpha value is -1.30. The quantitative estimate of drug-likeness (QED) is 0.604.